The van der Waals surface area contributed by atoms with Gasteiger partial charge in [-0.25, -0.2) is 0 Å². The summed E-state index contributed by atoms with van der Waals surface area (Å²) in [5.74, 6) is 0.715. The van der Waals surface area contributed by atoms with Gasteiger partial charge in [0.1, 0.15) is 11.5 Å². The molecule has 138 valence electrons. The number of ether oxygens (including phenoxy) is 2. The van der Waals surface area contributed by atoms with Crippen LogP contribution in [0.25, 0.3) is 0 Å². The van der Waals surface area contributed by atoms with Crippen molar-refractivity contribution < 1.29 is 19.1 Å². The van der Waals surface area contributed by atoms with Crippen molar-refractivity contribution in [3.63, 3.8) is 0 Å². The van der Waals surface area contributed by atoms with Gasteiger partial charge in [0.25, 0.3) is 0 Å². The van der Waals surface area contributed by atoms with Gasteiger partial charge < -0.3 is 19.7 Å². The van der Waals surface area contributed by atoms with Crippen LogP contribution >= 0.6 is 11.6 Å². The third-order valence-corrected chi connectivity index (χ3v) is 3.98. The molecule has 0 spiro atoms. The van der Waals surface area contributed by atoms with Crippen molar-refractivity contribution in [3.05, 3.63) is 47.5 Å². The highest BCUT2D eigenvalue weighted by Gasteiger charge is 2.15. The summed E-state index contributed by atoms with van der Waals surface area (Å²) in [5, 5.41) is 3.31. The molecule has 2 amide bonds. The molecule has 0 saturated heterocycles. The normalized spacial score (nSPS) is 10.2. The number of carbonyl (C=O) groups is 2. The average molecular weight is 377 g/mol. The van der Waals surface area contributed by atoms with E-state index in [1.165, 1.54) is 18.9 Å². The van der Waals surface area contributed by atoms with Crippen molar-refractivity contribution in [2.24, 2.45) is 0 Å². The molecular formula is C19H21ClN2O4. The Bertz CT molecular complexity index is 795. The second-order valence-corrected chi connectivity index (χ2v) is 5.95. The quantitative estimate of drug-likeness (QED) is 0.799. The van der Waals surface area contributed by atoms with Crippen LogP contribution in [0.4, 0.5) is 11.4 Å². The van der Waals surface area contributed by atoms with Crippen molar-refractivity contribution >= 4 is 34.8 Å². The number of nitrogens with one attached hydrogen (secondary N) is 1. The maximum Gasteiger partial charge on any atom is 0.226 e. The molecule has 0 unspecified atom stereocenters. The molecule has 0 heterocycles. The van der Waals surface area contributed by atoms with Crippen molar-refractivity contribution in [1.29, 1.82) is 0 Å². The van der Waals surface area contributed by atoms with E-state index in [9.17, 15) is 9.59 Å². The summed E-state index contributed by atoms with van der Waals surface area (Å²) in [6.07, 6.45) is 0.118. The zero-order valence-corrected chi connectivity index (χ0v) is 15.7. The third-order valence-electron chi connectivity index (χ3n) is 3.74. The lowest BCUT2D eigenvalue weighted by molar-refractivity contribution is -0.117. The van der Waals surface area contributed by atoms with Crippen molar-refractivity contribution in [3.8, 4) is 11.5 Å². The second kappa shape index (κ2) is 9.10. The van der Waals surface area contributed by atoms with Crippen molar-refractivity contribution in [2.75, 3.05) is 31.0 Å². The van der Waals surface area contributed by atoms with E-state index in [-0.39, 0.29) is 24.8 Å². The van der Waals surface area contributed by atoms with Crippen LogP contribution in [0.15, 0.2) is 42.5 Å². The molecule has 0 aliphatic rings. The number of rotatable bonds is 7. The number of hydrogen-bond acceptors (Lipinski definition) is 4. The monoisotopic (exact) mass is 376 g/mol. The molecule has 2 aromatic carbocycles. The first-order valence-electron chi connectivity index (χ1n) is 8.00. The molecule has 7 heteroatoms. The summed E-state index contributed by atoms with van der Waals surface area (Å²) in [6.45, 7) is 1.68. The molecule has 2 rings (SSSR count). The summed E-state index contributed by atoms with van der Waals surface area (Å²) < 4.78 is 10.4. The Kier molecular flexibility index (Phi) is 6.86. The molecule has 6 nitrogen and oxygen atoms in total. The Morgan fingerprint density at radius 2 is 1.88 bits per heavy atom. The van der Waals surface area contributed by atoms with Gasteiger partial charge in [-0.05, 0) is 30.3 Å². The smallest absolute Gasteiger partial charge is 0.226 e. The Labute approximate surface area is 157 Å². The molecule has 2 aromatic rings. The maximum atomic E-state index is 12.3. The molecule has 0 aromatic heterocycles. The second-order valence-electron chi connectivity index (χ2n) is 5.51. The van der Waals surface area contributed by atoms with Gasteiger partial charge in [-0.2, -0.15) is 0 Å². The van der Waals surface area contributed by atoms with Crippen molar-refractivity contribution in [2.45, 2.75) is 13.3 Å². The summed E-state index contributed by atoms with van der Waals surface area (Å²) in [7, 11) is 3.07. The van der Waals surface area contributed by atoms with Gasteiger partial charge in [0.15, 0.2) is 0 Å². The molecule has 0 bridgehead atoms. The lowest BCUT2D eigenvalue weighted by Gasteiger charge is -2.21. The van der Waals surface area contributed by atoms with E-state index in [0.717, 1.165) is 0 Å². The lowest BCUT2D eigenvalue weighted by Crippen LogP contribution is -2.32. The molecule has 26 heavy (non-hydrogen) atoms. The highest BCUT2D eigenvalue weighted by atomic mass is 35.5. The van der Waals surface area contributed by atoms with E-state index in [4.69, 9.17) is 21.1 Å². The van der Waals surface area contributed by atoms with Crippen LogP contribution in [-0.4, -0.2) is 32.6 Å². The number of amides is 2. The number of nitrogens with zero attached hydrogens (tertiary/aromatic N) is 1. The van der Waals surface area contributed by atoms with Crippen LogP contribution < -0.4 is 19.7 Å². The average Bonchev–Trinajstić information content (AvgIpc) is 2.61. The Balaban J connectivity index is 2.06. The fraction of sp³-hybridized carbons (Fsp3) is 0.263. The Morgan fingerprint density at radius 1 is 1.12 bits per heavy atom. The minimum absolute atomic E-state index is 0.118. The van der Waals surface area contributed by atoms with Crippen LogP contribution in [0.2, 0.25) is 5.02 Å². The largest absolute Gasteiger partial charge is 0.497 e. The highest BCUT2D eigenvalue weighted by Crippen LogP contribution is 2.29. The van der Waals surface area contributed by atoms with Crippen molar-refractivity contribution in [1.82, 2.24) is 0 Å². The lowest BCUT2D eigenvalue weighted by atomic mass is 10.2. The number of hydrogen-bond donors (Lipinski definition) is 1. The van der Waals surface area contributed by atoms with E-state index in [2.05, 4.69) is 5.32 Å². The van der Waals surface area contributed by atoms with Gasteiger partial charge in [0.05, 0.1) is 19.9 Å². The van der Waals surface area contributed by atoms with Gasteiger partial charge in [0.2, 0.25) is 11.8 Å². The van der Waals surface area contributed by atoms with Crippen LogP contribution in [0, 0.1) is 0 Å². The number of benzene rings is 2. The van der Waals surface area contributed by atoms with Gasteiger partial charge in [-0.3, -0.25) is 9.59 Å². The van der Waals surface area contributed by atoms with Gasteiger partial charge in [-0.1, -0.05) is 17.7 Å². The van der Waals surface area contributed by atoms with Gasteiger partial charge in [0, 0.05) is 36.7 Å². The maximum absolute atomic E-state index is 12.3. The number of carbonyl (C=O) groups excluding carboxylic acids is 2. The standard InChI is InChI=1S/C19H21ClN2O4/c1-13(23)22(15-6-4-5-14(20)11-15)10-9-19(24)21-17-12-16(25-2)7-8-18(17)26-3/h4-8,11-12H,9-10H2,1-3H3,(H,21,24). The topological polar surface area (TPSA) is 67.9 Å². The number of methoxy groups -OCH3 is 2. The van der Waals surface area contributed by atoms with Crippen LogP contribution in [0.3, 0.4) is 0 Å². The predicted octanol–water partition coefficient (Wildman–Crippen LogP) is 3.74. The van der Waals surface area contributed by atoms with Gasteiger partial charge >= 0.3 is 0 Å². The third kappa shape index (κ3) is 5.13. The van der Waals surface area contributed by atoms with E-state index >= 15 is 0 Å². The van der Waals surface area contributed by atoms with Gasteiger partial charge in [-0.15, -0.1) is 0 Å². The first kappa shape index (κ1) is 19.6. The van der Waals surface area contributed by atoms with Crippen LogP contribution in [-0.2, 0) is 9.59 Å². The van der Waals surface area contributed by atoms with E-state index < -0.39 is 0 Å². The Morgan fingerprint density at radius 3 is 2.50 bits per heavy atom. The first-order chi connectivity index (χ1) is 12.4. The van der Waals surface area contributed by atoms with E-state index in [1.807, 2.05) is 0 Å². The van der Waals surface area contributed by atoms with E-state index in [0.29, 0.717) is 27.9 Å². The molecule has 0 saturated carbocycles. The summed E-state index contributed by atoms with van der Waals surface area (Å²) in [5.41, 5.74) is 1.16. The fourth-order valence-electron chi connectivity index (χ4n) is 2.45. The minimum Gasteiger partial charge on any atom is -0.497 e. The first-order valence-corrected chi connectivity index (χ1v) is 8.38. The molecule has 0 radical (unpaired) electrons. The molecular weight excluding hydrogens is 356 g/mol. The molecule has 0 aliphatic carbocycles. The van der Waals surface area contributed by atoms with E-state index in [1.54, 1.807) is 49.6 Å². The summed E-state index contributed by atoms with van der Waals surface area (Å²) in [4.78, 5) is 25.8. The van der Waals surface area contributed by atoms with Crippen LogP contribution in [0.5, 0.6) is 11.5 Å². The molecule has 0 fully saturated rings. The molecule has 0 atom stereocenters. The predicted molar refractivity (Wildman–Crippen MR) is 102 cm³/mol. The highest BCUT2D eigenvalue weighted by molar-refractivity contribution is 6.30. The van der Waals surface area contributed by atoms with Crippen LogP contribution in [0.1, 0.15) is 13.3 Å². The number of halogens is 1. The fourth-order valence-corrected chi connectivity index (χ4v) is 2.63. The Hall–Kier alpha value is -2.73. The molecule has 1 N–H and O–H groups in total. The molecule has 0 aliphatic heterocycles. The zero-order valence-electron chi connectivity index (χ0n) is 14.9. The summed E-state index contributed by atoms with van der Waals surface area (Å²) in [6, 6.07) is 12.1. The minimum atomic E-state index is -0.246. The number of anilines is 2. The zero-order chi connectivity index (χ0) is 19.1. The SMILES string of the molecule is COc1ccc(OC)c(NC(=O)CCN(C(C)=O)c2cccc(Cl)c2)c1. The summed E-state index contributed by atoms with van der Waals surface area (Å²) >= 11 is 5.98.